The van der Waals surface area contributed by atoms with Crippen LogP contribution in [-0.2, 0) is 0 Å². The summed E-state index contributed by atoms with van der Waals surface area (Å²) in [6, 6.07) is 9.54. The van der Waals surface area contributed by atoms with Gasteiger partial charge >= 0.3 is 0 Å². The molecule has 19 heavy (non-hydrogen) atoms. The quantitative estimate of drug-likeness (QED) is 0.744. The molecular formula is C16H15FN2. The van der Waals surface area contributed by atoms with Crippen LogP contribution in [0, 0.1) is 5.82 Å². The highest BCUT2D eigenvalue weighted by Crippen LogP contribution is 2.30. The lowest BCUT2D eigenvalue weighted by atomic mass is 9.89. The van der Waals surface area contributed by atoms with Crippen LogP contribution in [0.1, 0.15) is 30.4 Å². The molecule has 0 fully saturated rings. The molecule has 1 unspecified atom stereocenters. The number of hydrogen-bond acceptors (Lipinski definition) is 1. The summed E-state index contributed by atoms with van der Waals surface area (Å²) in [7, 11) is 0. The topological polar surface area (TPSA) is 28.7 Å². The summed E-state index contributed by atoms with van der Waals surface area (Å²) < 4.78 is 14.0. The maximum absolute atomic E-state index is 14.0. The van der Waals surface area contributed by atoms with E-state index in [1.54, 1.807) is 18.5 Å². The van der Waals surface area contributed by atoms with E-state index in [2.05, 4.69) is 23.0 Å². The molecular weight excluding hydrogens is 239 g/mol. The van der Waals surface area contributed by atoms with Gasteiger partial charge in [-0.15, -0.1) is 0 Å². The molecule has 1 aromatic carbocycles. The Morgan fingerprint density at radius 1 is 1.26 bits per heavy atom. The third-order valence-electron chi connectivity index (χ3n) is 3.53. The monoisotopic (exact) mass is 254 g/mol. The van der Waals surface area contributed by atoms with Crippen LogP contribution in [-0.4, -0.2) is 9.97 Å². The van der Waals surface area contributed by atoms with E-state index in [1.807, 2.05) is 24.4 Å². The average molecular weight is 254 g/mol. The summed E-state index contributed by atoms with van der Waals surface area (Å²) in [5.74, 6) is -0.0117. The highest BCUT2D eigenvalue weighted by Gasteiger charge is 2.15. The maximum atomic E-state index is 14.0. The molecule has 3 heteroatoms. The summed E-state index contributed by atoms with van der Waals surface area (Å²) >= 11 is 0. The van der Waals surface area contributed by atoms with E-state index >= 15 is 0 Å². The number of nitrogens with zero attached hydrogens (tertiary/aromatic N) is 1. The summed E-state index contributed by atoms with van der Waals surface area (Å²) in [6.07, 6.45) is 6.29. The van der Waals surface area contributed by atoms with Crippen molar-refractivity contribution < 1.29 is 4.39 Å². The first-order chi connectivity index (χ1) is 9.29. The highest BCUT2D eigenvalue weighted by atomic mass is 19.1. The summed E-state index contributed by atoms with van der Waals surface area (Å²) in [5, 5.41) is 0.914. The van der Waals surface area contributed by atoms with Gasteiger partial charge in [-0.3, -0.25) is 4.98 Å². The van der Waals surface area contributed by atoms with Gasteiger partial charge in [-0.25, -0.2) is 4.39 Å². The van der Waals surface area contributed by atoms with E-state index in [0.29, 0.717) is 5.52 Å². The Bertz CT molecular complexity index is 688. The van der Waals surface area contributed by atoms with Gasteiger partial charge in [0.1, 0.15) is 5.82 Å². The SMILES string of the molecule is CCC(c1cccnc1)c1cc(F)c2[nH]ccc2c1. The van der Waals surface area contributed by atoms with Crippen molar-refractivity contribution in [3.8, 4) is 0 Å². The third-order valence-corrected chi connectivity index (χ3v) is 3.53. The van der Waals surface area contributed by atoms with E-state index in [4.69, 9.17) is 0 Å². The molecule has 0 bridgehead atoms. The molecule has 1 atom stereocenters. The molecule has 0 saturated carbocycles. The molecule has 2 nitrogen and oxygen atoms in total. The van der Waals surface area contributed by atoms with Crippen molar-refractivity contribution in [2.75, 3.05) is 0 Å². The molecule has 0 amide bonds. The van der Waals surface area contributed by atoms with Gasteiger partial charge in [-0.05, 0) is 41.8 Å². The number of rotatable bonds is 3. The molecule has 0 radical (unpaired) electrons. The molecule has 0 saturated heterocycles. The van der Waals surface area contributed by atoms with E-state index in [0.717, 1.165) is 22.9 Å². The van der Waals surface area contributed by atoms with E-state index in [-0.39, 0.29) is 11.7 Å². The fraction of sp³-hybridized carbons (Fsp3) is 0.188. The van der Waals surface area contributed by atoms with Crippen molar-refractivity contribution in [1.29, 1.82) is 0 Å². The average Bonchev–Trinajstić information content (AvgIpc) is 2.90. The Morgan fingerprint density at radius 3 is 2.89 bits per heavy atom. The summed E-state index contributed by atoms with van der Waals surface area (Å²) in [5.41, 5.74) is 2.70. The fourth-order valence-corrected chi connectivity index (χ4v) is 2.60. The largest absolute Gasteiger partial charge is 0.359 e. The van der Waals surface area contributed by atoms with Gasteiger partial charge < -0.3 is 4.98 Å². The third kappa shape index (κ3) is 2.12. The summed E-state index contributed by atoms with van der Waals surface area (Å²) in [6.45, 7) is 2.11. The number of halogens is 1. The number of nitrogens with one attached hydrogen (secondary N) is 1. The predicted octanol–water partition coefficient (Wildman–Crippen LogP) is 4.24. The molecule has 0 aliphatic heterocycles. The van der Waals surface area contributed by atoms with Gasteiger partial charge in [0.05, 0.1) is 5.52 Å². The second-order valence-corrected chi connectivity index (χ2v) is 4.69. The maximum Gasteiger partial charge on any atom is 0.147 e. The smallest absolute Gasteiger partial charge is 0.147 e. The lowest BCUT2D eigenvalue weighted by Crippen LogP contribution is -2.01. The van der Waals surface area contributed by atoms with Gasteiger partial charge in [0, 0.05) is 29.9 Å². The Hall–Kier alpha value is -2.16. The van der Waals surface area contributed by atoms with Gasteiger partial charge in [0.15, 0.2) is 0 Å². The standard InChI is InChI=1S/C16H15FN2/c1-2-14(12-4-3-6-18-10-12)13-8-11-5-7-19-16(11)15(17)9-13/h3-10,14,19H,2H2,1H3. The first-order valence-corrected chi connectivity index (χ1v) is 6.46. The molecule has 2 aromatic heterocycles. The van der Waals surface area contributed by atoms with Crippen molar-refractivity contribution in [2.24, 2.45) is 0 Å². The number of aromatic amines is 1. The van der Waals surface area contributed by atoms with Crippen LogP contribution >= 0.6 is 0 Å². The number of hydrogen-bond donors (Lipinski definition) is 1. The van der Waals surface area contributed by atoms with Crippen LogP contribution in [0.15, 0.2) is 48.9 Å². The van der Waals surface area contributed by atoms with Gasteiger partial charge in [-0.1, -0.05) is 13.0 Å². The minimum atomic E-state index is -0.195. The first kappa shape index (κ1) is 11.9. The molecule has 3 aromatic rings. The molecule has 0 aliphatic carbocycles. The zero-order valence-corrected chi connectivity index (χ0v) is 10.7. The van der Waals surface area contributed by atoms with Crippen molar-refractivity contribution in [1.82, 2.24) is 9.97 Å². The van der Waals surface area contributed by atoms with Crippen molar-refractivity contribution in [3.63, 3.8) is 0 Å². The lowest BCUT2D eigenvalue weighted by Gasteiger charge is -2.16. The van der Waals surface area contributed by atoms with Crippen LogP contribution in [0.4, 0.5) is 4.39 Å². The number of pyridine rings is 1. The minimum absolute atomic E-state index is 0.183. The first-order valence-electron chi connectivity index (χ1n) is 6.46. The van der Waals surface area contributed by atoms with Gasteiger partial charge in [0.2, 0.25) is 0 Å². The fourth-order valence-electron chi connectivity index (χ4n) is 2.60. The van der Waals surface area contributed by atoms with Crippen LogP contribution in [0.5, 0.6) is 0 Å². The number of benzene rings is 1. The number of aromatic nitrogens is 2. The van der Waals surface area contributed by atoms with E-state index < -0.39 is 0 Å². The van der Waals surface area contributed by atoms with Crippen LogP contribution in [0.3, 0.4) is 0 Å². The van der Waals surface area contributed by atoms with Crippen LogP contribution < -0.4 is 0 Å². The Kier molecular flexibility index (Phi) is 3.03. The molecule has 2 heterocycles. The van der Waals surface area contributed by atoms with Gasteiger partial charge in [-0.2, -0.15) is 0 Å². The number of fused-ring (bicyclic) bond motifs is 1. The van der Waals surface area contributed by atoms with E-state index in [1.165, 1.54) is 0 Å². The molecule has 3 rings (SSSR count). The highest BCUT2D eigenvalue weighted by molar-refractivity contribution is 5.80. The Morgan fingerprint density at radius 2 is 2.16 bits per heavy atom. The van der Waals surface area contributed by atoms with Crippen molar-refractivity contribution in [2.45, 2.75) is 19.3 Å². The predicted molar refractivity (Wildman–Crippen MR) is 74.6 cm³/mol. The summed E-state index contributed by atoms with van der Waals surface area (Å²) in [4.78, 5) is 7.08. The molecule has 1 N–H and O–H groups in total. The Labute approximate surface area is 111 Å². The Balaban J connectivity index is 2.11. The lowest BCUT2D eigenvalue weighted by molar-refractivity contribution is 0.631. The van der Waals surface area contributed by atoms with E-state index in [9.17, 15) is 4.39 Å². The van der Waals surface area contributed by atoms with Gasteiger partial charge in [0.25, 0.3) is 0 Å². The van der Waals surface area contributed by atoms with Crippen molar-refractivity contribution in [3.05, 3.63) is 65.9 Å². The zero-order chi connectivity index (χ0) is 13.2. The normalized spacial score (nSPS) is 12.7. The zero-order valence-electron chi connectivity index (χ0n) is 10.7. The minimum Gasteiger partial charge on any atom is -0.359 e. The van der Waals surface area contributed by atoms with Crippen molar-refractivity contribution >= 4 is 10.9 Å². The van der Waals surface area contributed by atoms with Crippen LogP contribution in [0.2, 0.25) is 0 Å². The molecule has 0 spiro atoms. The molecule has 0 aliphatic rings. The molecule has 96 valence electrons. The second kappa shape index (κ2) is 4.84. The number of H-pyrrole nitrogens is 1. The second-order valence-electron chi connectivity index (χ2n) is 4.69. The van der Waals surface area contributed by atoms with Crippen LogP contribution in [0.25, 0.3) is 10.9 Å².